The van der Waals surface area contributed by atoms with Crippen LogP contribution in [-0.2, 0) is 7.05 Å². The molecule has 0 spiro atoms. The Bertz CT molecular complexity index is 991. The summed E-state index contributed by atoms with van der Waals surface area (Å²) in [5.41, 5.74) is 2.93. The third-order valence-corrected chi connectivity index (χ3v) is 6.06. The predicted molar refractivity (Wildman–Crippen MR) is 97.7 cm³/mol. The molecule has 0 radical (unpaired) electrons. The lowest BCUT2D eigenvalue weighted by molar-refractivity contribution is 0.0837. The van der Waals surface area contributed by atoms with Crippen molar-refractivity contribution in [2.75, 3.05) is 0 Å². The van der Waals surface area contributed by atoms with Gasteiger partial charge in [-0.2, -0.15) is 5.10 Å². The fraction of sp³-hybridized carbons (Fsp3) is 0.368. The zero-order valence-electron chi connectivity index (χ0n) is 14.0. The van der Waals surface area contributed by atoms with Crippen LogP contribution in [0, 0.1) is 5.92 Å². The van der Waals surface area contributed by atoms with Gasteiger partial charge in [-0.1, -0.05) is 23.7 Å². The van der Waals surface area contributed by atoms with Gasteiger partial charge in [0.15, 0.2) is 0 Å². The summed E-state index contributed by atoms with van der Waals surface area (Å²) in [5, 5.41) is 9.33. The number of nitrogens with one attached hydrogen (secondary N) is 2. The molecule has 2 N–H and O–H groups in total. The third kappa shape index (κ3) is 2.22. The number of halogens is 1. The van der Waals surface area contributed by atoms with Gasteiger partial charge in [0.25, 0.3) is 5.91 Å². The first kappa shape index (κ1) is 15.0. The lowest BCUT2D eigenvalue weighted by atomic mass is 9.77. The molecule has 3 fully saturated rings. The molecule has 0 aliphatic heterocycles. The summed E-state index contributed by atoms with van der Waals surface area (Å²) in [6.45, 7) is 0. The number of amides is 1. The number of hydrogen-bond acceptors (Lipinski definition) is 2. The number of fused-ring (bicyclic) bond motifs is 2. The molecule has 3 aliphatic rings. The minimum absolute atomic E-state index is 0.00419. The van der Waals surface area contributed by atoms with Crippen LogP contribution < -0.4 is 5.32 Å². The summed E-state index contributed by atoms with van der Waals surface area (Å²) >= 11 is 6.36. The molecule has 6 rings (SSSR count). The first-order valence-corrected chi connectivity index (χ1v) is 9.05. The highest BCUT2D eigenvalue weighted by Crippen LogP contribution is 2.52. The van der Waals surface area contributed by atoms with E-state index in [9.17, 15) is 4.79 Å². The highest BCUT2D eigenvalue weighted by Gasteiger charge is 2.51. The molecule has 2 aromatic heterocycles. The number of nitrogens with zero attached hydrogens (tertiary/aromatic N) is 2. The summed E-state index contributed by atoms with van der Waals surface area (Å²) in [6.07, 6.45) is 6.42. The monoisotopic (exact) mass is 354 g/mol. The molecule has 0 unspecified atom stereocenters. The Morgan fingerprint density at radius 1 is 1.40 bits per heavy atom. The number of para-hydroxylation sites is 1. The second-order valence-electron chi connectivity index (χ2n) is 7.46. The van der Waals surface area contributed by atoms with Gasteiger partial charge in [0.1, 0.15) is 5.69 Å². The zero-order valence-corrected chi connectivity index (χ0v) is 14.7. The van der Waals surface area contributed by atoms with Crippen molar-refractivity contribution >= 4 is 28.4 Å². The molecule has 0 saturated heterocycles. The maximum Gasteiger partial charge on any atom is 0.268 e. The van der Waals surface area contributed by atoms with Gasteiger partial charge in [-0.05, 0) is 43.7 Å². The van der Waals surface area contributed by atoms with Crippen molar-refractivity contribution in [2.45, 2.75) is 31.2 Å². The van der Waals surface area contributed by atoms with E-state index in [1.54, 1.807) is 4.68 Å². The molecule has 2 heterocycles. The van der Waals surface area contributed by atoms with Gasteiger partial charge in [0.05, 0.1) is 16.2 Å². The van der Waals surface area contributed by atoms with E-state index in [0.29, 0.717) is 10.7 Å². The summed E-state index contributed by atoms with van der Waals surface area (Å²) in [7, 11) is 1.87. The van der Waals surface area contributed by atoms with Crippen molar-refractivity contribution in [1.82, 2.24) is 20.1 Å². The first-order chi connectivity index (χ1) is 12.0. The number of rotatable bonds is 3. The van der Waals surface area contributed by atoms with Gasteiger partial charge >= 0.3 is 0 Å². The van der Waals surface area contributed by atoms with E-state index in [1.807, 2.05) is 37.5 Å². The maximum absolute atomic E-state index is 13.1. The Morgan fingerprint density at radius 3 is 2.92 bits per heavy atom. The van der Waals surface area contributed by atoms with Crippen molar-refractivity contribution < 1.29 is 4.79 Å². The van der Waals surface area contributed by atoms with Crippen LogP contribution in [0.25, 0.3) is 22.2 Å². The molecule has 1 aromatic carbocycles. The quantitative estimate of drug-likeness (QED) is 0.749. The molecular weight excluding hydrogens is 336 g/mol. The minimum Gasteiger partial charge on any atom is -0.349 e. The number of carbonyl (C=O) groups excluding carboxylic acids is 1. The van der Waals surface area contributed by atoms with E-state index in [-0.39, 0.29) is 11.4 Å². The van der Waals surface area contributed by atoms with Gasteiger partial charge in [0, 0.05) is 29.7 Å². The molecule has 3 aromatic rings. The number of hydrogen-bond donors (Lipinski definition) is 2. The smallest absolute Gasteiger partial charge is 0.268 e. The fourth-order valence-electron chi connectivity index (χ4n) is 4.57. The third-order valence-electron chi connectivity index (χ3n) is 5.75. The van der Waals surface area contributed by atoms with Crippen molar-refractivity contribution in [3.8, 4) is 11.3 Å². The Hall–Kier alpha value is -2.27. The summed E-state index contributed by atoms with van der Waals surface area (Å²) < 4.78 is 1.74. The second kappa shape index (κ2) is 5.11. The van der Waals surface area contributed by atoms with E-state index < -0.39 is 0 Å². The van der Waals surface area contributed by atoms with Gasteiger partial charge in [-0.3, -0.25) is 9.48 Å². The predicted octanol–water partition coefficient (Wildman–Crippen LogP) is 3.89. The van der Waals surface area contributed by atoms with Crippen LogP contribution in [0.3, 0.4) is 0 Å². The number of aromatic amines is 1. The molecule has 6 heteroatoms. The Morgan fingerprint density at radius 2 is 2.24 bits per heavy atom. The number of aryl methyl sites for hydroxylation is 1. The summed E-state index contributed by atoms with van der Waals surface area (Å²) in [4.78, 5) is 16.3. The van der Waals surface area contributed by atoms with Crippen LogP contribution >= 0.6 is 11.6 Å². The van der Waals surface area contributed by atoms with E-state index in [0.717, 1.165) is 47.3 Å². The minimum atomic E-state index is -0.0618. The molecule has 5 nitrogen and oxygen atoms in total. The average Bonchev–Trinajstić information content (AvgIpc) is 3.28. The van der Waals surface area contributed by atoms with Crippen LogP contribution in [0.1, 0.15) is 36.2 Å². The highest BCUT2D eigenvalue weighted by molar-refractivity contribution is 6.35. The first-order valence-electron chi connectivity index (χ1n) is 8.67. The molecular formula is C19H19ClN4O. The standard InChI is InChI=1S/C19H19ClN4O/c1-24-8-6-14(23-24)15-12-3-2-4-13(20)16(12)21-17(15)18(25)22-19-7-5-11(9-19)10-19/h2-4,6,8,11,21H,5,7,9-10H2,1H3,(H,22,25). The van der Waals surface area contributed by atoms with Crippen LogP contribution in [0.15, 0.2) is 30.5 Å². The van der Waals surface area contributed by atoms with Crippen LogP contribution in [0.4, 0.5) is 0 Å². The normalized spacial score (nSPS) is 24.5. The molecule has 1 amide bonds. The van der Waals surface area contributed by atoms with E-state index in [1.165, 1.54) is 6.42 Å². The van der Waals surface area contributed by atoms with Crippen molar-refractivity contribution in [3.63, 3.8) is 0 Å². The molecule has 2 bridgehead atoms. The Balaban J connectivity index is 1.63. The van der Waals surface area contributed by atoms with E-state index in [4.69, 9.17) is 11.6 Å². The van der Waals surface area contributed by atoms with E-state index >= 15 is 0 Å². The van der Waals surface area contributed by atoms with Crippen LogP contribution in [0.5, 0.6) is 0 Å². The van der Waals surface area contributed by atoms with Gasteiger partial charge in [0.2, 0.25) is 0 Å². The molecule has 3 saturated carbocycles. The fourth-order valence-corrected chi connectivity index (χ4v) is 4.79. The molecule has 25 heavy (non-hydrogen) atoms. The molecule has 3 aliphatic carbocycles. The van der Waals surface area contributed by atoms with Crippen LogP contribution in [0.2, 0.25) is 5.02 Å². The number of H-pyrrole nitrogens is 1. The Kier molecular flexibility index (Phi) is 3.07. The number of aromatic nitrogens is 3. The highest BCUT2D eigenvalue weighted by atomic mass is 35.5. The van der Waals surface area contributed by atoms with Crippen molar-refractivity contribution in [2.24, 2.45) is 13.0 Å². The summed E-state index contributed by atoms with van der Waals surface area (Å²) in [5.74, 6) is 0.737. The zero-order chi connectivity index (χ0) is 17.2. The van der Waals surface area contributed by atoms with Gasteiger partial charge < -0.3 is 10.3 Å². The Labute approximate surface area is 150 Å². The molecule has 128 valence electrons. The number of benzene rings is 1. The molecule has 0 atom stereocenters. The van der Waals surface area contributed by atoms with Crippen molar-refractivity contribution in [1.29, 1.82) is 0 Å². The largest absolute Gasteiger partial charge is 0.349 e. The topological polar surface area (TPSA) is 62.7 Å². The lowest BCUT2D eigenvalue weighted by Gasteiger charge is -2.39. The lowest BCUT2D eigenvalue weighted by Crippen LogP contribution is -2.51. The average molecular weight is 355 g/mol. The van der Waals surface area contributed by atoms with Gasteiger partial charge in [-0.15, -0.1) is 0 Å². The van der Waals surface area contributed by atoms with Gasteiger partial charge in [-0.25, -0.2) is 0 Å². The summed E-state index contributed by atoms with van der Waals surface area (Å²) in [6, 6.07) is 7.63. The maximum atomic E-state index is 13.1. The van der Waals surface area contributed by atoms with E-state index in [2.05, 4.69) is 15.4 Å². The number of carbonyl (C=O) groups is 1. The van der Waals surface area contributed by atoms with Crippen LogP contribution in [-0.4, -0.2) is 26.2 Å². The SMILES string of the molecule is Cn1ccc(-c2c(C(=O)NC34CCC(C3)C4)[nH]c3c(Cl)cccc23)n1. The second-order valence-corrected chi connectivity index (χ2v) is 7.87. The van der Waals surface area contributed by atoms with Crippen molar-refractivity contribution in [3.05, 3.63) is 41.2 Å².